The van der Waals surface area contributed by atoms with Crippen molar-refractivity contribution in [1.82, 2.24) is 29.5 Å². The average molecular weight is 366 g/mol. The van der Waals surface area contributed by atoms with Crippen molar-refractivity contribution < 1.29 is 0 Å². The number of likely N-dealkylation sites (N-methyl/N-ethyl adjacent to an activating group) is 1. The molecule has 1 fully saturated rings. The molecule has 0 atom stereocenters. The number of rotatable bonds is 4. The second-order valence-corrected chi connectivity index (χ2v) is 7.43. The lowest BCUT2D eigenvalue weighted by molar-refractivity contribution is 0.492. The molecule has 1 saturated heterocycles. The molecular formula is C17H18N8S. The second kappa shape index (κ2) is 5.87. The van der Waals surface area contributed by atoms with E-state index in [-0.39, 0.29) is 0 Å². The fourth-order valence-corrected chi connectivity index (χ4v) is 4.24. The summed E-state index contributed by atoms with van der Waals surface area (Å²) in [5, 5.41) is 9.62. The van der Waals surface area contributed by atoms with Gasteiger partial charge >= 0.3 is 0 Å². The van der Waals surface area contributed by atoms with Crippen LogP contribution in [0.3, 0.4) is 0 Å². The van der Waals surface area contributed by atoms with Crippen LogP contribution in [0.25, 0.3) is 15.9 Å². The molecule has 0 bridgehead atoms. The molecule has 0 radical (unpaired) electrons. The van der Waals surface area contributed by atoms with Crippen molar-refractivity contribution in [2.75, 3.05) is 29.9 Å². The van der Waals surface area contributed by atoms with Gasteiger partial charge in [-0.2, -0.15) is 0 Å². The summed E-state index contributed by atoms with van der Waals surface area (Å²) >= 11 is 1.70. The highest BCUT2D eigenvalue weighted by Gasteiger charge is 2.34. The van der Waals surface area contributed by atoms with Crippen LogP contribution in [-0.4, -0.2) is 55.7 Å². The molecule has 0 aliphatic carbocycles. The lowest BCUT2D eigenvalue weighted by Gasteiger charge is -2.44. The summed E-state index contributed by atoms with van der Waals surface area (Å²) in [5.74, 6) is 1.86. The molecule has 5 heterocycles. The van der Waals surface area contributed by atoms with Crippen molar-refractivity contribution in [2.24, 2.45) is 0 Å². The first kappa shape index (κ1) is 15.4. The van der Waals surface area contributed by atoms with Crippen molar-refractivity contribution in [1.29, 1.82) is 0 Å². The van der Waals surface area contributed by atoms with Gasteiger partial charge < -0.3 is 9.80 Å². The summed E-state index contributed by atoms with van der Waals surface area (Å²) in [6.07, 6.45) is 8.23. The van der Waals surface area contributed by atoms with E-state index in [9.17, 15) is 0 Å². The lowest BCUT2D eigenvalue weighted by Crippen LogP contribution is -2.59. The van der Waals surface area contributed by atoms with E-state index in [1.807, 2.05) is 35.3 Å². The van der Waals surface area contributed by atoms with Crippen molar-refractivity contribution in [3.05, 3.63) is 36.7 Å². The maximum atomic E-state index is 4.70. The summed E-state index contributed by atoms with van der Waals surface area (Å²) in [4.78, 5) is 17.9. The van der Waals surface area contributed by atoms with Crippen LogP contribution in [0.5, 0.6) is 0 Å². The Morgan fingerprint density at radius 3 is 2.96 bits per heavy atom. The SMILES string of the molecule is CCc1nnc2c(N3CC(N(C)c4nc5cnccc5s4)C3)nccn12. The quantitative estimate of drug-likeness (QED) is 0.547. The zero-order valence-corrected chi connectivity index (χ0v) is 15.4. The molecule has 0 aromatic carbocycles. The van der Waals surface area contributed by atoms with Crippen LogP contribution in [0, 0.1) is 0 Å². The predicted molar refractivity (Wildman–Crippen MR) is 102 cm³/mol. The van der Waals surface area contributed by atoms with E-state index in [1.54, 1.807) is 11.3 Å². The smallest absolute Gasteiger partial charge is 0.203 e. The molecule has 0 N–H and O–H groups in total. The zero-order valence-electron chi connectivity index (χ0n) is 14.6. The molecule has 0 saturated carbocycles. The Hall–Kier alpha value is -2.81. The van der Waals surface area contributed by atoms with Crippen molar-refractivity contribution in [2.45, 2.75) is 19.4 Å². The van der Waals surface area contributed by atoms with E-state index < -0.39 is 0 Å². The number of pyridine rings is 1. The second-order valence-electron chi connectivity index (χ2n) is 6.42. The third-order valence-electron chi connectivity index (χ3n) is 4.89. The molecular weight excluding hydrogens is 348 g/mol. The van der Waals surface area contributed by atoms with Gasteiger partial charge in [-0.3, -0.25) is 9.38 Å². The van der Waals surface area contributed by atoms with E-state index in [2.05, 4.69) is 43.9 Å². The third-order valence-corrected chi connectivity index (χ3v) is 6.01. The first-order valence-electron chi connectivity index (χ1n) is 8.61. The largest absolute Gasteiger partial charge is 0.349 e. The Morgan fingerprint density at radius 1 is 1.27 bits per heavy atom. The summed E-state index contributed by atoms with van der Waals surface area (Å²) in [6, 6.07) is 2.41. The topological polar surface area (TPSA) is 75.3 Å². The van der Waals surface area contributed by atoms with Crippen LogP contribution in [0.2, 0.25) is 0 Å². The van der Waals surface area contributed by atoms with Crippen LogP contribution < -0.4 is 9.80 Å². The predicted octanol–water partition coefficient (Wildman–Crippen LogP) is 2.02. The van der Waals surface area contributed by atoms with Crippen LogP contribution in [0.4, 0.5) is 10.9 Å². The average Bonchev–Trinajstić information content (AvgIpc) is 3.24. The Labute approximate surface area is 154 Å². The molecule has 4 aromatic rings. The first-order valence-corrected chi connectivity index (χ1v) is 9.43. The molecule has 1 aliphatic heterocycles. The highest BCUT2D eigenvalue weighted by Crippen LogP contribution is 2.32. The van der Waals surface area contributed by atoms with Gasteiger partial charge in [0.2, 0.25) is 5.65 Å². The molecule has 1 aliphatic rings. The standard InChI is InChI=1S/C17H18N8S/c1-3-14-21-22-16-15(19-6-7-25(14)16)24-9-11(10-24)23(2)17-20-12-8-18-5-4-13(12)26-17/h4-8,11H,3,9-10H2,1-2H3. The number of anilines is 2. The summed E-state index contributed by atoms with van der Waals surface area (Å²) < 4.78 is 3.19. The summed E-state index contributed by atoms with van der Waals surface area (Å²) in [6.45, 7) is 3.87. The number of hydrogen-bond donors (Lipinski definition) is 0. The number of nitrogens with zero attached hydrogens (tertiary/aromatic N) is 8. The van der Waals surface area contributed by atoms with Crippen molar-refractivity contribution >= 4 is 38.2 Å². The summed E-state index contributed by atoms with van der Waals surface area (Å²) in [5.41, 5.74) is 1.79. The van der Waals surface area contributed by atoms with Gasteiger partial charge in [-0.1, -0.05) is 18.3 Å². The Morgan fingerprint density at radius 2 is 2.15 bits per heavy atom. The van der Waals surface area contributed by atoms with E-state index >= 15 is 0 Å². The maximum Gasteiger partial charge on any atom is 0.203 e. The van der Waals surface area contributed by atoms with Crippen LogP contribution in [0.1, 0.15) is 12.7 Å². The highest BCUT2D eigenvalue weighted by molar-refractivity contribution is 7.22. The van der Waals surface area contributed by atoms with Gasteiger partial charge in [-0.05, 0) is 6.07 Å². The highest BCUT2D eigenvalue weighted by atomic mass is 32.1. The van der Waals surface area contributed by atoms with E-state index in [0.29, 0.717) is 6.04 Å². The molecule has 0 unspecified atom stereocenters. The first-order chi connectivity index (χ1) is 12.7. The van der Waals surface area contributed by atoms with Gasteiger partial charge in [0.05, 0.1) is 16.9 Å². The minimum Gasteiger partial charge on any atom is -0.349 e. The Balaban J connectivity index is 1.36. The summed E-state index contributed by atoms with van der Waals surface area (Å²) in [7, 11) is 2.10. The van der Waals surface area contributed by atoms with Gasteiger partial charge in [0, 0.05) is 45.1 Å². The van der Waals surface area contributed by atoms with Gasteiger partial charge in [-0.25, -0.2) is 9.97 Å². The molecule has 0 amide bonds. The maximum absolute atomic E-state index is 4.70. The molecule has 132 valence electrons. The monoisotopic (exact) mass is 366 g/mol. The van der Waals surface area contributed by atoms with Gasteiger partial charge in [0.1, 0.15) is 11.3 Å². The minimum absolute atomic E-state index is 0.402. The van der Waals surface area contributed by atoms with E-state index in [1.165, 1.54) is 4.70 Å². The van der Waals surface area contributed by atoms with Gasteiger partial charge in [0.15, 0.2) is 10.9 Å². The molecule has 4 aromatic heterocycles. The van der Waals surface area contributed by atoms with Gasteiger partial charge in [-0.15, -0.1) is 10.2 Å². The molecule has 0 spiro atoms. The lowest BCUT2D eigenvalue weighted by atomic mass is 10.1. The van der Waals surface area contributed by atoms with Crippen molar-refractivity contribution in [3.8, 4) is 0 Å². The zero-order chi connectivity index (χ0) is 17.7. The fraction of sp³-hybridized carbons (Fsp3) is 0.353. The van der Waals surface area contributed by atoms with Crippen LogP contribution >= 0.6 is 11.3 Å². The van der Waals surface area contributed by atoms with Crippen LogP contribution in [0.15, 0.2) is 30.9 Å². The van der Waals surface area contributed by atoms with Gasteiger partial charge in [0.25, 0.3) is 0 Å². The number of thiazole rings is 1. The number of hydrogen-bond acceptors (Lipinski definition) is 8. The van der Waals surface area contributed by atoms with Crippen molar-refractivity contribution in [3.63, 3.8) is 0 Å². The molecule has 26 heavy (non-hydrogen) atoms. The number of fused-ring (bicyclic) bond motifs is 2. The molecule has 9 heteroatoms. The number of aromatic nitrogens is 6. The minimum atomic E-state index is 0.402. The van der Waals surface area contributed by atoms with E-state index in [0.717, 1.165) is 47.4 Å². The van der Waals surface area contributed by atoms with E-state index in [4.69, 9.17) is 4.98 Å². The normalized spacial score (nSPS) is 14.9. The fourth-order valence-electron chi connectivity index (χ4n) is 3.27. The van der Waals surface area contributed by atoms with Crippen LogP contribution in [-0.2, 0) is 6.42 Å². The molecule has 8 nitrogen and oxygen atoms in total. The third kappa shape index (κ3) is 2.31. The number of aryl methyl sites for hydroxylation is 1. The molecule has 5 rings (SSSR count). The Bertz CT molecular complexity index is 1050. The Kier molecular flexibility index (Phi) is 3.49.